The van der Waals surface area contributed by atoms with Gasteiger partial charge in [-0.2, -0.15) is 0 Å². The van der Waals surface area contributed by atoms with E-state index in [1.54, 1.807) is 0 Å². The largest absolute Gasteiger partial charge is 0.369 e. The second-order valence-corrected chi connectivity index (χ2v) is 3.83. The van der Waals surface area contributed by atoms with Crippen molar-refractivity contribution in [1.29, 1.82) is 0 Å². The molecule has 0 fully saturated rings. The van der Waals surface area contributed by atoms with Gasteiger partial charge in [-0.25, -0.2) is 4.98 Å². The number of nitrogens with two attached hydrogens (primary N) is 1. The fraction of sp³-hybridized carbons (Fsp3) is 0.417. The van der Waals surface area contributed by atoms with E-state index in [9.17, 15) is 0 Å². The van der Waals surface area contributed by atoms with E-state index in [4.69, 9.17) is 5.73 Å². The summed E-state index contributed by atoms with van der Waals surface area (Å²) in [6.45, 7) is 8.20. The summed E-state index contributed by atoms with van der Waals surface area (Å²) in [5, 5.41) is 0. The number of rotatable bonds is 3. The highest BCUT2D eigenvalue weighted by molar-refractivity contribution is 5.63. The maximum atomic E-state index is 5.95. The third kappa shape index (κ3) is 1.50. The Hall–Kier alpha value is -1.71. The van der Waals surface area contributed by atoms with Gasteiger partial charge in [0.25, 0.3) is 0 Å². The Morgan fingerprint density at radius 1 is 1.31 bits per heavy atom. The number of anilines is 2. The molecule has 2 aromatic heterocycles. The maximum Gasteiger partial charge on any atom is 0.206 e. The normalized spacial score (nSPS) is 10.9. The summed E-state index contributed by atoms with van der Waals surface area (Å²) in [7, 11) is 0. The van der Waals surface area contributed by atoms with Gasteiger partial charge in [-0.15, -0.1) is 0 Å². The van der Waals surface area contributed by atoms with Crippen LogP contribution in [0.5, 0.6) is 0 Å². The van der Waals surface area contributed by atoms with Gasteiger partial charge in [0.15, 0.2) is 0 Å². The first-order chi connectivity index (χ1) is 7.69. The molecular formula is C12H18N4. The summed E-state index contributed by atoms with van der Waals surface area (Å²) in [6, 6.07) is 6.18. The summed E-state index contributed by atoms with van der Waals surface area (Å²) in [5.74, 6) is 1.68. The van der Waals surface area contributed by atoms with Crippen LogP contribution in [0.3, 0.4) is 0 Å². The molecule has 86 valence electrons. The van der Waals surface area contributed by atoms with Gasteiger partial charge < -0.3 is 10.6 Å². The second-order valence-electron chi connectivity index (χ2n) is 3.83. The summed E-state index contributed by atoms with van der Waals surface area (Å²) in [6.07, 6.45) is 0. The van der Waals surface area contributed by atoms with Gasteiger partial charge in [-0.05, 0) is 32.9 Å². The zero-order valence-corrected chi connectivity index (χ0v) is 10.1. The van der Waals surface area contributed by atoms with Crippen LogP contribution in [0.4, 0.5) is 11.8 Å². The Balaban J connectivity index is 2.69. The first-order valence-electron chi connectivity index (χ1n) is 5.67. The summed E-state index contributed by atoms with van der Waals surface area (Å²) in [4.78, 5) is 6.58. The SMILES string of the molecule is CCN(CC)c1cccc2c(C)nc(N)n12. The predicted octanol–water partition coefficient (Wildman–Crippen LogP) is 2.07. The highest BCUT2D eigenvalue weighted by Gasteiger charge is 2.11. The van der Waals surface area contributed by atoms with E-state index < -0.39 is 0 Å². The summed E-state index contributed by atoms with van der Waals surface area (Å²) >= 11 is 0. The number of aryl methyl sites for hydroxylation is 1. The van der Waals surface area contributed by atoms with Crippen LogP contribution in [0.15, 0.2) is 18.2 Å². The van der Waals surface area contributed by atoms with Crippen molar-refractivity contribution in [3.05, 3.63) is 23.9 Å². The number of nitrogen functional groups attached to an aromatic ring is 1. The zero-order chi connectivity index (χ0) is 11.7. The standard InChI is InChI=1S/C12H18N4/c1-4-15(5-2)11-8-6-7-10-9(3)14-12(13)16(10)11/h6-8H,4-5H2,1-3H3,(H2,13,14). The van der Waals surface area contributed by atoms with Crippen molar-refractivity contribution in [3.63, 3.8) is 0 Å². The fourth-order valence-corrected chi connectivity index (χ4v) is 2.09. The number of aromatic nitrogens is 2. The van der Waals surface area contributed by atoms with Crippen LogP contribution in [0.1, 0.15) is 19.5 Å². The molecule has 0 saturated carbocycles. The van der Waals surface area contributed by atoms with Crippen LogP contribution in [0.2, 0.25) is 0 Å². The Morgan fingerprint density at radius 3 is 2.62 bits per heavy atom. The van der Waals surface area contributed by atoms with Crippen molar-refractivity contribution < 1.29 is 0 Å². The lowest BCUT2D eigenvalue weighted by molar-refractivity contribution is 0.836. The van der Waals surface area contributed by atoms with Crippen LogP contribution in [-0.2, 0) is 0 Å². The Morgan fingerprint density at radius 2 is 2.00 bits per heavy atom. The van der Waals surface area contributed by atoms with Crippen LogP contribution >= 0.6 is 0 Å². The van der Waals surface area contributed by atoms with E-state index >= 15 is 0 Å². The lowest BCUT2D eigenvalue weighted by atomic mass is 10.3. The topological polar surface area (TPSA) is 46.6 Å². The molecule has 2 aromatic rings. The zero-order valence-electron chi connectivity index (χ0n) is 10.1. The Kier molecular flexibility index (Phi) is 2.73. The van der Waals surface area contributed by atoms with Crippen LogP contribution < -0.4 is 10.6 Å². The molecule has 2 N–H and O–H groups in total. The molecule has 0 aromatic carbocycles. The molecule has 4 heteroatoms. The number of fused-ring (bicyclic) bond motifs is 1. The van der Waals surface area contributed by atoms with Crippen molar-refractivity contribution in [2.45, 2.75) is 20.8 Å². The van der Waals surface area contributed by atoms with Gasteiger partial charge in [0.2, 0.25) is 5.95 Å². The third-order valence-electron chi connectivity index (χ3n) is 2.94. The van der Waals surface area contributed by atoms with E-state index in [1.807, 2.05) is 17.4 Å². The molecular weight excluding hydrogens is 200 g/mol. The molecule has 2 heterocycles. The Bertz CT molecular complexity index is 497. The molecule has 0 unspecified atom stereocenters. The average molecular weight is 218 g/mol. The monoisotopic (exact) mass is 218 g/mol. The van der Waals surface area contributed by atoms with E-state index in [1.165, 1.54) is 0 Å². The molecule has 0 radical (unpaired) electrons. The molecule has 0 bridgehead atoms. The minimum absolute atomic E-state index is 0.565. The van der Waals surface area contributed by atoms with E-state index in [0.29, 0.717) is 5.95 Å². The second kappa shape index (κ2) is 4.04. The fourth-order valence-electron chi connectivity index (χ4n) is 2.09. The molecule has 0 amide bonds. The number of hydrogen-bond donors (Lipinski definition) is 1. The van der Waals surface area contributed by atoms with Crippen molar-refractivity contribution in [2.24, 2.45) is 0 Å². The number of pyridine rings is 1. The van der Waals surface area contributed by atoms with Gasteiger partial charge in [-0.3, -0.25) is 4.40 Å². The molecule has 2 rings (SSSR count). The van der Waals surface area contributed by atoms with Crippen molar-refractivity contribution >= 4 is 17.3 Å². The van der Waals surface area contributed by atoms with Gasteiger partial charge >= 0.3 is 0 Å². The van der Waals surface area contributed by atoms with Crippen LogP contribution in [0, 0.1) is 6.92 Å². The van der Waals surface area contributed by atoms with Crippen molar-refractivity contribution in [2.75, 3.05) is 23.7 Å². The van der Waals surface area contributed by atoms with E-state index in [-0.39, 0.29) is 0 Å². The number of imidazole rings is 1. The van der Waals surface area contributed by atoms with Crippen molar-refractivity contribution in [3.8, 4) is 0 Å². The molecule has 0 spiro atoms. The quantitative estimate of drug-likeness (QED) is 0.858. The highest BCUT2D eigenvalue weighted by Crippen LogP contribution is 2.22. The third-order valence-corrected chi connectivity index (χ3v) is 2.94. The summed E-state index contributed by atoms with van der Waals surface area (Å²) < 4.78 is 2.02. The average Bonchev–Trinajstić information content (AvgIpc) is 2.57. The van der Waals surface area contributed by atoms with E-state index in [2.05, 4.69) is 35.9 Å². The minimum atomic E-state index is 0.565. The van der Waals surface area contributed by atoms with Gasteiger partial charge in [0, 0.05) is 13.1 Å². The molecule has 4 nitrogen and oxygen atoms in total. The first-order valence-corrected chi connectivity index (χ1v) is 5.67. The molecule has 0 atom stereocenters. The smallest absolute Gasteiger partial charge is 0.206 e. The first kappa shape index (κ1) is 10.8. The molecule has 0 saturated heterocycles. The predicted molar refractivity (Wildman–Crippen MR) is 67.9 cm³/mol. The van der Waals surface area contributed by atoms with Crippen molar-refractivity contribution in [1.82, 2.24) is 9.38 Å². The Labute approximate surface area is 95.7 Å². The number of nitrogens with zero attached hydrogens (tertiary/aromatic N) is 3. The lowest BCUT2D eigenvalue weighted by Gasteiger charge is -2.22. The van der Waals surface area contributed by atoms with Gasteiger partial charge in [0.1, 0.15) is 5.82 Å². The van der Waals surface area contributed by atoms with Crippen LogP contribution in [-0.4, -0.2) is 22.5 Å². The summed E-state index contributed by atoms with van der Waals surface area (Å²) in [5.41, 5.74) is 8.01. The molecule has 0 aliphatic heterocycles. The van der Waals surface area contributed by atoms with E-state index in [0.717, 1.165) is 30.1 Å². The van der Waals surface area contributed by atoms with Gasteiger partial charge in [-0.1, -0.05) is 6.07 Å². The molecule has 0 aliphatic rings. The maximum absolute atomic E-state index is 5.95. The number of hydrogen-bond acceptors (Lipinski definition) is 3. The minimum Gasteiger partial charge on any atom is -0.369 e. The highest BCUT2D eigenvalue weighted by atomic mass is 15.3. The molecule has 16 heavy (non-hydrogen) atoms. The lowest BCUT2D eigenvalue weighted by Crippen LogP contribution is -2.24. The van der Waals surface area contributed by atoms with Gasteiger partial charge in [0.05, 0.1) is 11.2 Å². The molecule has 0 aliphatic carbocycles. The van der Waals surface area contributed by atoms with Crippen LogP contribution in [0.25, 0.3) is 5.52 Å².